The number of aryl methyl sites for hydroxylation is 1. The molecule has 0 saturated heterocycles. The first-order valence-electron chi connectivity index (χ1n) is 11.7. The van der Waals surface area contributed by atoms with Gasteiger partial charge in [-0.05, 0) is 66.6 Å². The van der Waals surface area contributed by atoms with Crippen LogP contribution < -0.4 is 14.2 Å². The van der Waals surface area contributed by atoms with Crippen molar-refractivity contribution < 1.29 is 24.1 Å². The maximum absolute atomic E-state index is 11.1. The Balaban J connectivity index is 1.51. The van der Waals surface area contributed by atoms with Crippen LogP contribution in [-0.4, -0.2) is 27.5 Å². The van der Waals surface area contributed by atoms with Crippen molar-refractivity contribution in [3.8, 4) is 23.1 Å². The normalized spacial score (nSPS) is 10.8. The first kappa shape index (κ1) is 26.4. The first-order valence-corrected chi connectivity index (χ1v) is 12.5. The average molecular weight is 541 g/mol. The molecule has 0 unspecified atom stereocenters. The molecule has 7 nitrogen and oxygen atoms in total. The molecular formula is C28H26Cl2N2O5. The van der Waals surface area contributed by atoms with Crippen LogP contribution >= 0.6 is 23.2 Å². The van der Waals surface area contributed by atoms with E-state index in [1.165, 1.54) is 0 Å². The molecule has 192 valence electrons. The second-order valence-corrected chi connectivity index (χ2v) is 9.03. The van der Waals surface area contributed by atoms with E-state index >= 15 is 0 Å². The zero-order chi connectivity index (χ0) is 26.2. The van der Waals surface area contributed by atoms with Crippen molar-refractivity contribution >= 4 is 29.2 Å². The van der Waals surface area contributed by atoms with Crippen molar-refractivity contribution in [1.29, 1.82) is 0 Å². The number of halogens is 2. The lowest BCUT2D eigenvalue weighted by atomic mass is 10.1. The van der Waals surface area contributed by atoms with Crippen LogP contribution in [-0.2, 0) is 24.4 Å². The van der Waals surface area contributed by atoms with Crippen LogP contribution in [0.4, 0.5) is 0 Å². The van der Waals surface area contributed by atoms with Crippen LogP contribution in [0.5, 0.6) is 17.4 Å². The third kappa shape index (κ3) is 7.41. The standard InChI is InChI=1S/C28H26Cl2N2O5/c1-2-35-24-13-19(17-36-26-10-8-21(29)15-25(26)30)12-20(14-24)18-37-27-16-23(9-11-28(33)34)32(31-27)22-6-4-3-5-7-22/h3-8,10,12-16H,2,9,11,17-18H2,1H3,(H,33,34). The van der Waals surface area contributed by atoms with E-state index < -0.39 is 5.97 Å². The monoisotopic (exact) mass is 540 g/mol. The van der Waals surface area contributed by atoms with Gasteiger partial charge in [0.05, 0.1) is 23.7 Å². The van der Waals surface area contributed by atoms with Crippen LogP contribution in [0.1, 0.15) is 30.2 Å². The molecule has 0 amide bonds. The smallest absolute Gasteiger partial charge is 0.303 e. The van der Waals surface area contributed by atoms with E-state index in [1.54, 1.807) is 28.9 Å². The minimum atomic E-state index is -0.870. The van der Waals surface area contributed by atoms with E-state index in [0.717, 1.165) is 22.5 Å². The Morgan fingerprint density at radius 3 is 2.32 bits per heavy atom. The highest BCUT2D eigenvalue weighted by Crippen LogP contribution is 2.29. The molecule has 9 heteroatoms. The van der Waals surface area contributed by atoms with Gasteiger partial charge in [-0.15, -0.1) is 5.10 Å². The number of para-hydroxylation sites is 1. The number of aromatic nitrogens is 2. The molecule has 0 bridgehead atoms. The van der Waals surface area contributed by atoms with Gasteiger partial charge in [0.15, 0.2) is 0 Å². The van der Waals surface area contributed by atoms with E-state index in [4.69, 9.17) is 42.5 Å². The van der Waals surface area contributed by atoms with Crippen molar-refractivity contribution in [1.82, 2.24) is 9.78 Å². The van der Waals surface area contributed by atoms with E-state index in [2.05, 4.69) is 5.10 Å². The topological polar surface area (TPSA) is 82.8 Å². The maximum atomic E-state index is 11.1. The average Bonchev–Trinajstić information content (AvgIpc) is 3.30. The van der Waals surface area contributed by atoms with Gasteiger partial charge in [0.1, 0.15) is 24.7 Å². The predicted molar refractivity (Wildman–Crippen MR) is 142 cm³/mol. The molecule has 0 radical (unpaired) electrons. The Morgan fingerprint density at radius 2 is 1.65 bits per heavy atom. The van der Waals surface area contributed by atoms with Gasteiger partial charge in [0.25, 0.3) is 0 Å². The molecule has 0 aliphatic heterocycles. The lowest BCUT2D eigenvalue weighted by molar-refractivity contribution is -0.136. The van der Waals surface area contributed by atoms with Crippen molar-refractivity contribution in [2.24, 2.45) is 0 Å². The van der Waals surface area contributed by atoms with Crippen molar-refractivity contribution in [2.45, 2.75) is 33.0 Å². The molecule has 0 aliphatic carbocycles. The number of hydrogen-bond donors (Lipinski definition) is 1. The Morgan fingerprint density at radius 1 is 0.919 bits per heavy atom. The molecule has 0 fully saturated rings. The first-order chi connectivity index (χ1) is 17.9. The molecule has 0 atom stereocenters. The SMILES string of the molecule is CCOc1cc(COc2cc(CCC(=O)O)n(-c3ccccc3)n2)cc(COc2ccc(Cl)cc2Cl)c1. The molecule has 0 saturated carbocycles. The molecule has 4 aromatic rings. The lowest BCUT2D eigenvalue weighted by Crippen LogP contribution is -2.05. The summed E-state index contributed by atoms with van der Waals surface area (Å²) < 4.78 is 19.4. The fourth-order valence-electron chi connectivity index (χ4n) is 3.73. The summed E-state index contributed by atoms with van der Waals surface area (Å²) in [6, 6.07) is 22.2. The molecule has 1 heterocycles. The Bertz CT molecular complexity index is 1360. The number of carboxylic acid groups (broad SMARTS) is 1. The third-order valence-corrected chi connectivity index (χ3v) is 5.90. The molecule has 1 aromatic heterocycles. The van der Waals surface area contributed by atoms with E-state index in [9.17, 15) is 4.79 Å². The molecule has 37 heavy (non-hydrogen) atoms. The molecule has 3 aromatic carbocycles. The Hall–Kier alpha value is -3.68. The van der Waals surface area contributed by atoms with Crippen LogP contribution in [0, 0.1) is 0 Å². The zero-order valence-electron chi connectivity index (χ0n) is 20.2. The summed E-state index contributed by atoms with van der Waals surface area (Å²) >= 11 is 12.2. The van der Waals surface area contributed by atoms with Crippen LogP contribution in [0.2, 0.25) is 10.0 Å². The molecule has 4 rings (SSSR count). The van der Waals surface area contributed by atoms with Gasteiger partial charge in [-0.2, -0.15) is 0 Å². The lowest BCUT2D eigenvalue weighted by Gasteiger charge is -2.12. The minimum absolute atomic E-state index is 0.00460. The third-order valence-electron chi connectivity index (χ3n) is 5.37. The highest BCUT2D eigenvalue weighted by Gasteiger charge is 2.13. The van der Waals surface area contributed by atoms with E-state index in [0.29, 0.717) is 40.5 Å². The molecule has 0 aliphatic rings. The summed E-state index contributed by atoms with van der Waals surface area (Å²) in [7, 11) is 0. The number of nitrogens with zero attached hydrogens (tertiary/aromatic N) is 2. The summed E-state index contributed by atoms with van der Waals surface area (Å²) in [4.78, 5) is 11.1. The van der Waals surface area contributed by atoms with Gasteiger partial charge in [-0.1, -0.05) is 41.4 Å². The van der Waals surface area contributed by atoms with Crippen LogP contribution in [0.15, 0.2) is 72.8 Å². The van der Waals surface area contributed by atoms with Gasteiger partial charge in [-0.3, -0.25) is 4.79 Å². The second kappa shape index (κ2) is 12.5. The van der Waals surface area contributed by atoms with Gasteiger partial charge in [0.2, 0.25) is 5.88 Å². The molecular weight excluding hydrogens is 515 g/mol. The number of aliphatic carboxylic acids is 1. The summed E-state index contributed by atoms with van der Waals surface area (Å²) in [5, 5.41) is 14.7. The summed E-state index contributed by atoms with van der Waals surface area (Å²) in [5.74, 6) is 0.759. The highest BCUT2D eigenvalue weighted by atomic mass is 35.5. The van der Waals surface area contributed by atoms with E-state index in [1.807, 2.05) is 55.5 Å². The fourth-order valence-corrected chi connectivity index (χ4v) is 4.19. The van der Waals surface area contributed by atoms with Gasteiger partial charge in [0, 0.05) is 23.2 Å². The number of rotatable bonds is 12. The predicted octanol–water partition coefficient (Wildman–Crippen LogP) is 6.75. The molecule has 1 N–H and O–H groups in total. The Labute approximate surface area is 225 Å². The van der Waals surface area contributed by atoms with Crippen molar-refractivity contribution in [3.63, 3.8) is 0 Å². The van der Waals surface area contributed by atoms with Gasteiger partial charge in [-0.25, -0.2) is 4.68 Å². The van der Waals surface area contributed by atoms with Crippen LogP contribution in [0.25, 0.3) is 5.69 Å². The van der Waals surface area contributed by atoms with Crippen molar-refractivity contribution in [3.05, 3.63) is 99.7 Å². The summed E-state index contributed by atoms with van der Waals surface area (Å²) in [6.45, 7) is 2.95. The number of carbonyl (C=O) groups is 1. The highest BCUT2D eigenvalue weighted by molar-refractivity contribution is 6.35. The van der Waals surface area contributed by atoms with E-state index in [-0.39, 0.29) is 19.6 Å². The Kier molecular flexibility index (Phi) is 8.93. The maximum Gasteiger partial charge on any atom is 0.303 e. The number of carboxylic acids is 1. The van der Waals surface area contributed by atoms with Crippen LogP contribution in [0.3, 0.4) is 0 Å². The summed E-state index contributed by atoms with van der Waals surface area (Å²) in [5.41, 5.74) is 3.33. The largest absolute Gasteiger partial charge is 0.494 e. The van der Waals surface area contributed by atoms with Gasteiger partial charge >= 0.3 is 5.97 Å². The minimum Gasteiger partial charge on any atom is -0.494 e. The molecule has 0 spiro atoms. The second-order valence-electron chi connectivity index (χ2n) is 8.19. The number of hydrogen-bond acceptors (Lipinski definition) is 5. The number of benzene rings is 3. The summed E-state index contributed by atoms with van der Waals surface area (Å²) in [6.07, 6.45) is 0.324. The quantitative estimate of drug-likeness (QED) is 0.214. The number of ether oxygens (including phenoxy) is 3. The van der Waals surface area contributed by atoms with Gasteiger partial charge < -0.3 is 19.3 Å². The fraction of sp³-hybridized carbons (Fsp3) is 0.214. The zero-order valence-corrected chi connectivity index (χ0v) is 21.7. The van der Waals surface area contributed by atoms with Crippen molar-refractivity contribution in [2.75, 3.05) is 6.61 Å².